The summed E-state index contributed by atoms with van der Waals surface area (Å²) < 4.78 is 0. The van der Waals surface area contributed by atoms with Crippen molar-refractivity contribution < 1.29 is 9.90 Å². The van der Waals surface area contributed by atoms with Gasteiger partial charge in [-0.3, -0.25) is 4.79 Å². The first-order chi connectivity index (χ1) is 12.1. The zero-order valence-corrected chi connectivity index (χ0v) is 16.6. The van der Waals surface area contributed by atoms with Gasteiger partial charge in [-0.2, -0.15) is 0 Å². The number of carboxylic acids is 1. The Morgan fingerprint density at radius 1 is 1.23 bits per heavy atom. The second-order valence-electron chi connectivity index (χ2n) is 7.49. The lowest BCUT2D eigenvalue weighted by Gasteiger charge is -2.33. The Kier molecular flexibility index (Phi) is 5.65. The summed E-state index contributed by atoms with van der Waals surface area (Å²) in [7, 11) is 1.83. The molecule has 4 N–H and O–H groups in total. The molecule has 2 rings (SSSR count). The molecule has 0 aliphatic rings. The molecule has 0 aliphatic heterocycles. The van der Waals surface area contributed by atoms with E-state index in [1.807, 2.05) is 32.2 Å². The highest BCUT2D eigenvalue weighted by Crippen LogP contribution is 2.44. The second-order valence-corrected chi connectivity index (χ2v) is 7.49. The third-order valence-corrected chi connectivity index (χ3v) is 5.50. The number of anilines is 2. The Labute approximate surface area is 156 Å². The molecule has 0 saturated carbocycles. The Hall–Kier alpha value is -2.49. The summed E-state index contributed by atoms with van der Waals surface area (Å²) >= 11 is 0. The van der Waals surface area contributed by atoms with Crippen molar-refractivity contribution in [2.75, 3.05) is 18.1 Å². The number of aryl methyl sites for hydroxylation is 2. The van der Waals surface area contributed by atoms with E-state index in [4.69, 9.17) is 5.73 Å². The van der Waals surface area contributed by atoms with Crippen molar-refractivity contribution >= 4 is 17.3 Å². The van der Waals surface area contributed by atoms with Crippen LogP contribution in [-0.4, -0.2) is 18.1 Å². The predicted octanol–water partition coefficient (Wildman–Crippen LogP) is 4.73. The van der Waals surface area contributed by atoms with E-state index in [2.05, 4.69) is 31.3 Å². The van der Waals surface area contributed by atoms with Crippen LogP contribution >= 0.6 is 0 Å². The number of nitrogens with one attached hydrogen (secondary N) is 1. The third-order valence-electron chi connectivity index (χ3n) is 5.50. The highest BCUT2D eigenvalue weighted by atomic mass is 16.4. The Morgan fingerprint density at radius 3 is 2.42 bits per heavy atom. The number of aliphatic carboxylic acids is 1. The summed E-state index contributed by atoms with van der Waals surface area (Å²) in [6.07, 6.45) is 0.916. The van der Waals surface area contributed by atoms with Gasteiger partial charge in [-0.25, -0.2) is 0 Å². The van der Waals surface area contributed by atoms with Crippen LogP contribution in [0.3, 0.4) is 0 Å². The van der Waals surface area contributed by atoms with Crippen LogP contribution < -0.4 is 11.1 Å². The fourth-order valence-electron chi connectivity index (χ4n) is 3.64. The fraction of sp³-hybridized carbons (Fsp3) is 0.409. The molecule has 0 heterocycles. The van der Waals surface area contributed by atoms with Gasteiger partial charge in [0.05, 0.1) is 16.8 Å². The number of nitrogen functional groups attached to an aromatic ring is 1. The van der Waals surface area contributed by atoms with Crippen LogP contribution in [0.5, 0.6) is 0 Å². The van der Waals surface area contributed by atoms with Crippen LogP contribution in [-0.2, 0) is 11.2 Å². The average molecular weight is 354 g/mol. The molecular formula is C22H30N2O2. The lowest BCUT2D eigenvalue weighted by molar-refractivity contribution is -0.147. The smallest absolute Gasteiger partial charge is 0.310 e. The Morgan fingerprint density at radius 2 is 1.88 bits per heavy atom. The summed E-state index contributed by atoms with van der Waals surface area (Å²) in [4.78, 5) is 12.1. The van der Waals surface area contributed by atoms with Gasteiger partial charge >= 0.3 is 5.97 Å². The van der Waals surface area contributed by atoms with Gasteiger partial charge in [0.1, 0.15) is 0 Å². The van der Waals surface area contributed by atoms with Gasteiger partial charge in [0, 0.05) is 13.0 Å². The zero-order chi connectivity index (χ0) is 19.6. The van der Waals surface area contributed by atoms with E-state index >= 15 is 0 Å². The molecule has 0 fully saturated rings. The van der Waals surface area contributed by atoms with Crippen LogP contribution in [0.25, 0.3) is 0 Å². The van der Waals surface area contributed by atoms with Gasteiger partial charge in [-0.1, -0.05) is 31.2 Å². The fourth-order valence-corrected chi connectivity index (χ4v) is 3.64. The van der Waals surface area contributed by atoms with E-state index in [0.29, 0.717) is 5.69 Å². The molecule has 4 heteroatoms. The number of benzene rings is 2. The molecule has 0 bridgehead atoms. The summed E-state index contributed by atoms with van der Waals surface area (Å²) in [5.74, 6) is -1.11. The molecule has 0 aromatic heterocycles. The molecule has 0 spiro atoms. The number of carbonyl (C=O) groups is 1. The second kappa shape index (κ2) is 7.40. The summed E-state index contributed by atoms with van der Waals surface area (Å²) in [5.41, 5.74) is 12.2. The number of hydrogen-bond acceptors (Lipinski definition) is 3. The first-order valence-corrected chi connectivity index (χ1v) is 9.04. The molecule has 26 heavy (non-hydrogen) atoms. The lowest BCUT2D eigenvalue weighted by atomic mass is 9.69. The standard InChI is InChI=1S/C22H30N2O2/c1-7-15-12-16(9-8-13(15)2)19(22(4,5)21(25)26)17-10-11-18(24-6)20(23)14(17)3/h8-12,19,24H,7,23H2,1-6H3,(H,25,26). The van der Waals surface area contributed by atoms with E-state index < -0.39 is 11.4 Å². The third kappa shape index (κ3) is 3.41. The maximum absolute atomic E-state index is 12.1. The molecule has 0 amide bonds. The minimum absolute atomic E-state index is 0.292. The number of carboxylic acid groups (broad SMARTS) is 1. The highest BCUT2D eigenvalue weighted by Gasteiger charge is 2.40. The normalized spacial score (nSPS) is 12.7. The number of nitrogens with two attached hydrogens (primary N) is 1. The first-order valence-electron chi connectivity index (χ1n) is 9.04. The predicted molar refractivity (Wildman–Crippen MR) is 109 cm³/mol. The highest BCUT2D eigenvalue weighted by molar-refractivity contribution is 5.78. The number of hydrogen-bond donors (Lipinski definition) is 3. The largest absolute Gasteiger partial charge is 0.481 e. The average Bonchev–Trinajstić information content (AvgIpc) is 2.60. The minimum atomic E-state index is -0.974. The number of rotatable bonds is 6. The van der Waals surface area contributed by atoms with Crippen molar-refractivity contribution in [1.82, 2.24) is 0 Å². The van der Waals surface area contributed by atoms with Crippen LogP contribution in [0, 0.1) is 19.3 Å². The molecule has 2 aromatic carbocycles. The van der Waals surface area contributed by atoms with Gasteiger partial charge in [0.25, 0.3) is 0 Å². The van der Waals surface area contributed by atoms with Gasteiger partial charge in [-0.15, -0.1) is 0 Å². The first kappa shape index (κ1) is 19.8. The van der Waals surface area contributed by atoms with Gasteiger partial charge in [-0.05, 0) is 68.0 Å². The zero-order valence-electron chi connectivity index (χ0n) is 16.6. The molecule has 0 aliphatic carbocycles. The van der Waals surface area contributed by atoms with Gasteiger partial charge in [0.15, 0.2) is 0 Å². The SMILES string of the molecule is CCc1cc(C(c2ccc(NC)c(N)c2C)C(C)(C)C(=O)O)ccc1C. The molecule has 140 valence electrons. The van der Waals surface area contributed by atoms with Crippen LogP contribution in [0.4, 0.5) is 11.4 Å². The lowest BCUT2D eigenvalue weighted by Crippen LogP contribution is -2.32. The Balaban J connectivity index is 2.75. The quantitative estimate of drug-likeness (QED) is 0.655. The van der Waals surface area contributed by atoms with E-state index in [9.17, 15) is 9.90 Å². The summed E-state index contributed by atoms with van der Waals surface area (Å²) in [5, 5.41) is 13.0. The maximum atomic E-state index is 12.1. The summed E-state index contributed by atoms with van der Waals surface area (Å²) in [6, 6.07) is 10.2. The van der Waals surface area contributed by atoms with Crippen molar-refractivity contribution in [3.63, 3.8) is 0 Å². The van der Waals surface area contributed by atoms with E-state index in [1.54, 1.807) is 13.8 Å². The van der Waals surface area contributed by atoms with Gasteiger partial charge in [0.2, 0.25) is 0 Å². The van der Waals surface area contributed by atoms with Crippen LogP contribution in [0.2, 0.25) is 0 Å². The van der Waals surface area contributed by atoms with Crippen molar-refractivity contribution in [3.8, 4) is 0 Å². The van der Waals surface area contributed by atoms with Gasteiger partial charge < -0.3 is 16.2 Å². The molecule has 4 nitrogen and oxygen atoms in total. The molecule has 1 atom stereocenters. The van der Waals surface area contributed by atoms with E-state index in [1.165, 1.54) is 11.1 Å². The van der Waals surface area contributed by atoms with E-state index in [0.717, 1.165) is 28.8 Å². The van der Waals surface area contributed by atoms with Crippen molar-refractivity contribution in [3.05, 3.63) is 58.1 Å². The van der Waals surface area contributed by atoms with Crippen LogP contribution in [0.15, 0.2) is 30.3 Å². The maximum Gasteiger partial charge on any atom is 0.310 e. The summed E-state index contributed by atoms with van der Waals surface area (Å²) in [6.45, 7) is 9.74. The molecular weight excluding hydrogens is 324 g/mol. The molecule has 2 aromatic rings. The van der Waals surface area contributed by atoms with E-state index in [-0.39, 0.29) is 5.92 Å². The Bertz CT molecular complexity index is 825. The molecule has 0 saturated heterocycles. The monoisotopic (exact) mass is 354 g/mol. The van der Waals surface area contributed by atoms with Crippen molar-refractivity contribution in [1.29, 1.82) is 0 Å². The van der Waals surface area contributed by atoms with Crippen molar-refractivity contribution in [2.24, 2.45) is 5.41 Å². The molecule has 1 unspecified atom stereocenters. The minimum Gasteiger partial charge on any atom is -0.481 e. The molecule has 0 radical (unpaired) electrons. The topological polar surface area (TPSA) is 75.3 Å². The van der Waals surface area contributed by atoms with Crippen LogP contribution in [0.1, 0.15) is 54.5 Å². The van der Waals surface area contributed by atoms with Crippen molar-refractivity contribution in [2.45, 2.75) is 47.0 Å².